The van der Waals surface area contributed by atoms with E-state index >= 15 is 0 Å². The number of benzene rings is 2. The van der Waals surface area contributed by atoms with E-state index in [0.29, 0.717) is 41.9 Å². The summed E-state index contributed by atoms with van der Waals surface area (Å²) in [7, 11) is 3.26. The van der Waals surface area contributed by atoms with Gasteiger partial charge in [-0.3, -0.25) is 9.79 Å². The zero-order valence-corrected chi connectivity index (χ0v) is 15.6. The molecule has 0 heterocycles. The Labute approximate surface area is 158 Å². The van der Waals surface area contributed by atoms with E-state index in [1.807, 2.05) is 24.3 Å². The summed E-state index contributed by atoms with van der Waals surface area (Å²) in [5.74, 6) is 1.14. The molecule has 0 unspecified atom stereocenters. The minimum Gasteiger partial charge on any atom is -0.497 e. The number of amides is 1. The number of guanidine groups is 1. The molecule has 2 aromatic rings. The van der Waals surface area contributed by atoms with Gasteiger partial charge in [0, 0.05) is 37.3 Å². The maximum absolute atomic E-state index is 12.1. The fourth-order valence-corrected chi connectivity index (χ4v) is 2.47. The summed E-state index contributed by atoms with van der Waals surface area (Å²) in [6.07, 6.45) is 0. The Morgan fingerprint density at radius 3 is 2.58 bits per heavy atom. The average Bonchev–Trinajstić information content (AvgIpc) is 2.68. The molecule has 1 amide bonds. The van der Waals surface area contributed by atoms with Crippen LogP contribution >= 0.6 is 11.6 Å². The van der Waals surface area contributed by atoms with Crippen molar-refractivity contribution in [2.24, 2.45) is 4.99 Å². The predicted octanol–water partition coefficient (Wildman–Crippen LogP) is 2.44. The van der Waals surface area contributed by atoms with Crippen molar-refractivity contribution in [3.05, 3.63) is 64.7 Å². The second-order valence-electron chi connectivity index (χ2n) is 5.43. The van der Waals surface area contributed by atoms with E-state index in [1.165, 1.54) is 0 Å². The van der Waals surface area contributed by atoms with E-state index in [9.17, 15) is 4.79 Å². The van der Waals surface area contributed by atoms with Crippen LogP contribution in [0.15, 0.2) is 53.5 Å². The van der Waals surface area contributed by atoms with E-state index in [0.717, 1.165) is 5.56 Å². The van der Waals surface area contributed by atoms with Crippen molar-refractivity contribution in [2.45, 2.75) is 6.54 Å². The summed E-state index contributed by atoms with van der Waals surface area (Å²) in [4.78, 5) is 16.3. The fraction of sp³-hybridized carbons (Fsp3) is 0.263. The number of hydrogen-bond donors (Lipinski definition) is 3. The van der Waals surface area contributed by atoms with Crippen molar-refractivity contribution in [3.8, 4) is 5.75 Å². The van der Waals surface area contributed by atoms with Gasteiger partial charge in [0.05, 0.1) is 7.11 Å². The maximum Gasteiger partial charge on any atom is 0.251 e. The fourth-order valence-electron chi connectivity index (χ4n) is 2.26. The molecule has 6 nitrogen and oxygen atoms in total. The van der Waals surface area contributed by atoms with Gasteiger partial charge in [-0.05, 0) is 29.8 Å². The SMILES string of the molecule is CN=C(NCCNC(=O)c1cccc(OC)c1)NCc1ccccc1Cl. The van der Waals surface area contributed by atoms with Crippen molar-refractivity contribution >= 4 is 23.5 Å². The molecule has 0 radical (unpaired) electrons. The summed E-state index contributed by atoms with van der Waals surface area (Å²) in [6, 6.07) is 14.7. The van der Waals surface area contributed by atoms with Crippen LogP contribution in [0.5, 0.6) is 5.75 Å². The number of aliphatic imine (C=N–C) groups is 1. The smallest absolute Gasteiger partial charge is 0.251 e. The van der Waals surface area contributed by atoms with Crippen molar-refractivity contribution < 1.29 is 9.53 Å². The standard InChI is InChI=1S/C19H23ClN4O2/c1-21-19(24-13-15-6-3-4-9-17(15)20)23-11-10-22-18(25)14-7-5-8-16(12-14)26-2/h3-9,12H,10-11,13H2,1-2H3,(H,22,25)(H2,21,23,24). The molecule has 0 aliphatic carbocycles. The highest BCUT2D eigenvalue weighted by atomic mass is 35.5. The molecule has 0 aromatic heterocycles. The van der Waals surface area contributed by atoms with E-state index in [2.05, 4.69) is 20.9 Å². The molecular weight excluding hydrogens is 352 g/mol. The van der Waals surface area contributed by atoms with Crippen LogP contribution < -0.4 is 20.7 Å². The minimum atomic E-state index is -0.148. The Balaban J connectivity index is 1.73. The van der Waals surface area contributed by atoms with Crippen LogP contribution in [-0.4, -0.2) is 39.1 Å². The van der Waals surface area contributed by atoms with Gasteiger partial charge >= 0.3 is 0 Å². The Kier molecular flexibility index (Phi) is 7.76. The normalized spacial score (nSPS) is 11.0. The first-order valence-electron chi connectivity index (χ1n) is 8.24. The Bertz CT molecular complexity index is 765. The molecule has 0 saturated heterocycles. The number of carbonyl (C=O) groups is 1. The van der Waals surface area contributed by atoms with Gasteiger partial charge in [0.25, 0.3) is 5.91 Å². The Hall–Kier alpha value is -2.73. The molecule has 138 valence electrons. The van der Waals surface area contributed by atoms with Gasteiger partial charge in [-0.25, -0.2) is 0 Å². The maximum atomic E-state index is 12.1. The number of carbonyl (C=O) groups excluding carboxylic acids is 1. The number of rotatable bonds is 7. The van der Waals surface area contributed by atoms with E-state index in [1.54, 1.807) is 38.4 Å². The van der Waals surface area contributed by atoms with Crippen molar-refractivity contribution in [3.63, 3.8) is 0 Å². The number of nitrogens with one attached hydrogen (secondary N) is 3. The molecule has 26 heavy (non-hydrogen) atoms. The first-order valence-corrected chi connectivity index (χ1v) is 8.62. The van der Waals surface area contributed by atoms with Gasteiger partial charge in [-0.15, -0.1) is 0 Å². The zero-order valence-electron chi connectivity index (χ0n) is 14.9. The second-order valence-corrected chi connectivity index (χ2v) is 5.84. The average molecular weight is 375 g/mol. The van der Waals surface area contributed by atoms with Gasteiger partial charge < -0.3 is 20.7 Å². The Morgan fingerprint density at radius 2 is 1.85 bits per heavy atom. The first kappa shape index (κ1) is 19.6. The van der Waals surface area contributed by atoms with Gasteiger partial charge in [0.1, 0.15) is 5.75 Å². The van der Waals surface area contributed by atoms with Gasteiger partial charge in [0.2, 0.25) is 0 Å². The molecule has 0 atom stereocenters. The third-order valence-electron chi connectivity index (χ3n) is 3.66. The molecule has 0 bridgehead atoms. The second kappa shape index (κ2) is 10.3. The van der Waals surface area contributed by atoms with Crippen molar-refractivity contribution in [1.82, 2.24) is 16.0 Å². The Morgan fingerprint density at radius 1 is 1.08 bits per heavy atom. The quantitative estimate of drug-likeness (QED) is 0.395. The molecular formula is C19H23ClN4O2. The molecule has 3 N–H and O–H groups in total. The van der Waals surface area contributed by atoms with E-state index < -0.39 is 0 Å². The largest absolute Gasteiger partial charge is 0.497 e. The molecule has 7 heteroatoms. The van der Waals surface area contributed by atoms with Gasteiger partial charge in [0.15, 0.2) is 5.96 Å². The summed E-state index contributed by atoms with van der Waals surface area (Å²) < 4.78 is 5.12. The van der Waals surface area contributed by atoms with Crippen LogP contribution in [0.3, 0.4) is 0 Å². The van der Waals surface area contributed by atoms with Crippen LogP contribution in [0.4, 0.5) is 0 Å². The number of methoxy groups -OCH3 is 1. The lowest BCUT2D eigenvalue weighted by Gasteiger charge is -2.13. The number of nitrogens with zero attached hydrogens (tertiary/aromatic N) is 1. The summed E-state index contributed by atoms with van der Waals surface area (Å²) in [5, 5.41) is 9.89. The summed E-state index contributed by atoms with van der Waals surface area (Å²) in [6.45, 7) is 1.57. The van der Waals surface area contributed by atoms with Gasteiger partial charge in [-0.1, -0.05) is 35.9 Å². The third-order valence-corrected chi connectivity index (χ3v) is 4.03. The lowest BCUT2D eigenvalue weighted by Crippen LogP contribution is -2.41. The van der Waals surface area contributed by atoms with E-state index in [4.69, 9.17) is 16.3 Å². The topological polar surface area (TPSA) is 74.8 Å². The van der Waals surface area contributed by atoms with E-state index in [-0.39, 0.29) is 5.91 Å². The summed E-state index contributed by atoms with van der Waals surface area (Å²) >= 11 is 6.14. The highest BCUT2D eigenvalue weighted by Crippen LogP contribution is 2.14. The number of ether oxygens (including phenoxy) is 1. The van der Waals surface area contributed by atoms with Crippen molar-refractivity contribution in [2.75, 3.05) is 27.2 Å². The lowest BCUT2D eigenvalue weighted by atomic mass is 10.2. The monoisotopic (exact) mass is 374 g/mol. The molecule has 0 aliphatic heterocycles. The van der Waals surface area contributed by atoms with Crippen LogP contribution in [0.2, 0.25) is 5.02 Å². The van der Waals surface area contributed by atoms with Gasteiger partial charge in [-0.2, -0.15) is 0 Å². The summed E-state index contributed by atoms with van der Waals surface area (Å²) in [5.41, 5.74) is 1.55. The lowest BCUT2D eigenvalue weighted by molar-refractivity contribution is 0.0954. The number of hydrogen-bond acceptors (Lipinski definition) is 3. The van der Waals surface area contributed by atoms with Crippen LogP contribution in [0, 0.1) is 0 Å². The molecule has 0 fully saturated rings. The first-order chi connectivity index (χ1) is 12.6. The van der Waals surface area contributed by atoms with Crippen LogP contribution in [0.25, 0.3) is 0 Å². The van der Waals surface area contributed by atoms with Crippen LogP contribution in [0.1, 0.15) is 15.9 Å². The van der Waals surface area contributed by atoms with Crippen LogP contribution in [-0.2, 0) is 6.54 Å². The zero-order chi connectivity index (χ0) is 18.8. The highest BCUT2D eigenvalue weighted by Gasteiger charge is 2.06. The molecule has 0 aliphatic rings. The minimum absolute atomic E-state index is 0.148. The molecule has 2 aromatic carbocycles. The molecule has 0 saturated carbocycles. The van der Waals surface area contributed by atoms with Crippen molar-refractivity contribution in [1.29, 1.82) is 0 Å². The highest BCUT2D eigenvalue weighted by molar-refractivity contribution is 6.31. The third kappa shape index (κ3) is 5.97. The number of halogens is 1. The predicted molar refractivity (Wildman–Crippen MR) is 105 cm³/mol. The molecule has 2 rings (SSSR count). The molecule has 0 spiro atoms.